The number of hydrogen-bond donors (Lipinski definition) is 4. The van der Waals surface area contributed by atoms with Crippen LogP contribution in [0.4, 0.5) is 22.7 Å². The van der Waals surface area contributed by atoms with Crippen molar-refractivity contribution in [1.82, 2.24) is 0 Å². The summed E-state index contributed by atoms with van der Waals surface area (Å²) in [5.41, 5.74) is 2.69. The molecule has 2 amide bonds. The van der Waals surface area contributed by atoms with Gasteiger partial charge in [0, 0.05) is 18.3 Å². The van der Waals surface area contributed by atoms with Crippen LogP contribution in [0.5, 0.6) is 5.75 Å². The number of benzene rings is 2. The lowest BCUT2D eigenvalue weighted by Crippen LogP contribution is -2.32. The molecule has 0 aliphatic heterocycles. The van der Waals surface area contributed by atoms with Gasteiger partial charge in [-0.15, -0.1) is 0 Å². The van der Waals surface area contributed by atoms with Crippen LogP contribution in [0.3, 0.4) is 0 Å². The number of carbonyl (C=O) groups excluding carboxylic acids is 2. The van der Waals surface area contributed by atoms with E-state index in [1.54, 1.807) is 50.2 Å². The van der Waals surface area contributed by atoms with Gasteiger partial charge in [-0.3, -0.25) is 14.3 Å². The molecule has 2 aromatic rings. The predicted octanol–water partition coefficient (Wildman–Crippen LogP) is 2.77. The summed E-state index contributed by atoms with van der Waals surface area (Å²) in [7, 11) is -1.94. The van der Waals surface area contributed by atoms with Crippen molar-refractivity contribution in [3.8, 4) is 5.75 Å². The number of methoxy groups -OCH3 is 1. The maximum absolute atomic E-state index is 12.7. The molecule has 10 heteroatoms. The first kappa shape index (κ1) is 23.0. The van der Waals surface area contributed by atoms with E-state index in [1.165, 1.54) is 14.0 Å². The van der Waals surface area contributed by atoms with Crippen molar-refractivity contribution in [2.24, 2.45) is 0 Å². The van der Waals surface area contributed by atoms with Gasteiger partial charge in [-0.2, -0.15) is 0 Å². The average molecular weight is 435 g/mol. The van der Waals surface area contributed by atoms with Gasteiger partial charge in [-0.1, -0.05) is 6.07 Å². The van der Waals surface area contributed by atoms with Crippen LogP contribution in [-0.2, 0) is 19.6 Å². The van der Waals surface area contributed by atoms with E-state index in [0.29, 0.717) is 28.5 Å². The fourth-order valence-corrected chi connectivity index (χ4v) is 3.28. The highest BCUT2D eigenvalue weighted by molar-refractivity contribution is 7.92. The molecular weight excluding hydrogens is 408 g/mol. The van der Waals surface area contributed by atoms with E-state index in [4.69, 9.17) is 4.74 Å². The molecular formula is C20H26N4O5S. The first-order chi connectivity index (χ1) is 14.0. The number of hydrogen-bond acceptors (Lipinski definition) is 6. The second-order valence-electron chi connectivity index (χ2n) is 6.86. The van der Waals surface area contributed by atoms with Crippen LogP contribution in [0.15, 0.2) is 36.4 Å². The van der Waals surface area contributed by atoms with Gasteiger partial charge in [0.15, 0.2) is 0 Å². The van der Waals surface area contributed by atoms with E-state index in [-0.39, 0.29) is 11.8 Å². The summed E-state index contributed by atoms with van der Waals surface area (Å²) in [5.74, 6) is -0.128. The fraction of sp³-hybridized carbons (Fsp3) is 0.300. The van der Waals surface area contributed by atoms with Gasteiger partial charge in [0.25, 0.3) is 0 Å². The molecule has 1 unspecified atom stereocenters. The van der Waals surface area contributed by atoms with E-state index < -0.39 is 16.1 Å². The van der Waals surface area contributed by atoms with Crippen molar-refractivity contribution in [2.45, 2.75) is 26.8 Å². The Bertz CT molecular complexity index is 1050. The molecule has 4 N–H and O–H groups in total. The molecule has 2 aromatic carbocycles. The summed E-state index contributed by atoms with van der Waals surface area (Å²) in [5, 5.41) is 8.46. The quantitative estimate of drug-likeness (QED) is 0.506. The maximum atomic E-state index is 12.7. The third-order valence-electron chi connectivity index (χ3n) is 4.09. The number of amides is 2. The molecule has 2 rings (SSSR count). The van der Waals surface area contributed by atoms with Gasteiger partial charge < -0.3 is 20.7 Å². The van der Waals surface area contributed by atoms with Gasteiger partial charge in [-0.05, 0) is 49.7 Å². The van der Waals surface area contributed by atoms with Crippen molar-refractivity contribution >= 4 is 44.6 Å². The Labute approximate surface area is 176 Å². The zero-order valence-electron chi connectivity index (χ0n) is 17.5. The molecule has 0 aliphatic carbocycles. The largest absolute Gasteiger partial charge is 0.495 e. The minimum atomic E-state index is -3.42. The van der Waals surface area contributed by atoms with Crippen LogP contribution < -0.4 is 25.4 Å². The molecule has 0 saturated carbocycles. The highest BCUT2D eigenvalue weighted by Crippen LogP contribution is 2.28. The average Bonchev–Trinajstić information content (AvgIpc) is 2.63. The number of nitrogens with one attached hydrogen (secondary N) is 4. The number of sulfonamides is 1. The fourth-order valence-electron chi connectivity index (χ4n) is 2.66. The Kier molecular flexibility index (Phi) is 7.28. The van der Waals surface area contributed by atoms with Gasteiger partial charge in [0.1, 0.15) is 11.8 Å². The third-order valence-corrected chi connectivity index (χ3v) is 4.68. The van der Waals surface area contributed by atoms with Crippen LogP contribution in [0, 0.1) is 6.92 Å². The van der Waals surface area contributed by atoms with Gasteiger partial charge in [-0.25, -0.2) is 8.42 Å². The molecule has 9 nitrogen and oxygen atoms in total. The second kappa shape index (κ2) is 9.49. The van der Waals surface area contributed by atoms with Gasteiger partial charge >= 0.3 is 0 Å². The first-order valence-electron chi connectivity index (χ1n) is 9.10. The van der Waals surface area contributed by atoms with Crippen molar-refractivity contribution in [3.63, 3.8) is 0 Å². The summed E-state index contributed by atoms with van der Waals surface area (Å²) in [4.78, 5) is 23.9. The van der Waals surface area contributed by atoms with E-state index >= 15 is 0 Å². The Morgan fingerprint density at radius 3 is 2.23 bits per heavy atom. The molecule has 30 heavy (non-hydrogen) atoms. The predicted molar refractivity (Wildman–Crippen MR) is 119 cm³/mol. The zero-order chi connectivity index (χ0) is 22.5. The Hall–Kier alpha value is -3.27. The second-order valence-corrected chi connectivity index (χ2v) is 8.60. The number of carbonyl (C=O) groups is 2. The van der Waals surface area contributed by atoms with Crippen LogP contribution >= 0.6 is 0 Å². The van der Waals surface area contributed by atoms with Crippen molar-refractivity contribution in [1.29, 1.82) is 0 Å². The normalized spacial score (nSPS) is 11.9. The zero-order valence-corrected chi connectivity index (χ0v) is 18.3. The molecule has 0 aliphatic rings. The molecule has 0 bridgehead atoms. The van der Waals surface area contributed by atoms with Crippen molar-refractivity contribution in [2.75, 3.05) is 34.0 Å². The number of rotatable bonds is 8. The number of aryl methyl sites for hydroxylation is 1. The minimum Gasteiger partial charge on any atom is -0.495 e. The Balaban J connectivity index is 2.15. The molecule has 0 fully saturated rings. The van der Waals surface area contributed by atoms with Crippen LogP contribution in [0.2, 0.25) is 0 Å². The molecule has 1 atom stereocenters. The summed E-state index contributed by atoms with van der Waals surface area (Å²) >= 11 is 0. The van der Waals surface area contributed by atoms with Crippen molar-refractivity contribution in [3.05, 3.63) is 42.0 Å². The maximum Gasteiger partial charge on any atom is 0.246 e. The van der Waals surface area contributed by atoms with Crippen molar-refractivity contribution < 1.29 is 22.7 Å². The monoisotopic (exact) mass is 434 g/mol. The van der Waals surface area contributed by atoms with E-state index in [0.717, 1.165) is 11.8 Å². The first-order valence-corrected chi connectivity index (χ1v) is 11.0. The smallest absolute Gasteiger partial charge is 0.246 e. The van der Waals surface area contributed by atoms with E-state index in [1.807, 2.05) is 0 Å². The minimum absolute atomic E-state index is 0.231. The molecule has 0 aromatic heterocycles. The van der Waals surface area contributed by atoms with Crippen LogP contribution in [0.25, 0.3) is 0 Å². The molecule has 162 valence electrons. The van der Waals surface area contributed by atoms with Gasteiger partial charge in [0.05, 0.1) is 24.7 Å². The lowest BCUT2D eigenvalue weighted by molar-refractivity contribution is -0.116. The molecule has 0 heterocycles. The lowest BCUT2D eigenvalue weighted by atomic mass is 10.1. The number of anilines is 4. The SMILES string of the molecule is COc1ccc(NC(C)=O)cc1NC(=O)C(C)Nc1ccc(C)c(NS(C)(=O)=O)c1. The molecule has 0 radical (unpaired) electrons. The standard InChI is InChI=1S/C20H26N4O5S/c1-12-6-7-15(10-17(12)24-30(5,27)28)21-13(2)20(26)23-18-11-16(22-14(3)25)8-9-19(18)29-4/h6-11,13,21,24H,1-5H3,(H,22,25)(H,23,26). The van der Waals surface area contributed by atoms with E-state index in [9.17, 15) is 18.0 Å². The summed E-state index contributed by atoms with van der Waals surface area (Å²) < 4.78 is 30.8. The van der Waals surface area contributed by atoms with Gasteiger partial charge in [0.2, 0.25) is 21.8 Å². The van der Waals surface area contributed by atoms with Crippen LogP contribution in [0.1, 0.15) is 19.4 Å². The van der Waals surface area contributed by atoms with Crippen LogP contribution in [-0.4, -0.2) is 39.6 Å². The Morgan fingerprint density at radius 1 is 1.00 bits per heavy atom. The third kappa shape index (κ3) is 6.66. The topological polar surface area (TPSA) is 126 Å². The van der Waals surface area contributed by atoms with E-state index in [2.05, 4.69) is 20.7 Å². The molecule has 0 spiro atoms. The highest BCUT2D eigenvalue weighted by atomic mass is 32.2. The summed E-state index contributed by atoms with van der Waals surface area (Å²) in [6.07, 6.45) is 1.07. The summed E-state index contributed by atoms with van der Waals surface area (Å²) in [6.45, 7) is 4.84. The summed E-state index contributed by atoms with van der Waals surface area (Å²) in [6, 6.07) is 9.39. The lowest BCUT2D eigenvalue weighted by Gasteiger charge is -2.18. The highest BCUT2D eigenvalue weighted by Gasteiger charge is 2.16. The number of ether oxygens (including phenoxy) is 1. The Morgan fingerprint density at radius 2 is 1.63 bits per heavy atom. The molecule has 0 saturated heterocycles.